The van der Waals surface area contributed by atoms with Crippen LogP contribution in [0.2, 0.25) is 0 Å². The third-order valence-electron chi connectivity index (χ3n) is 7.00. The molecule has 180 valence electrons. The first kappa shape index (κ1) is 22.9. The maximum atomic E-state index is 11.8. The highest BCUT2D eigenvalue weighted by Crippen LogP contribution is 2.55. The third-order valence-corrected chi connectivity index (χ3v) is 7.00. The van der Waals surface area contributed by atoms with Crippen LogP contribution in [0, 0.1) is 0 Å². The summed E-state index contributed by atoms with van der Waals surface area (Å²) in [6, 6.07) is 15.1. The van der Waals surface area contributed by atoms with Crippen molar-refractivity contribution in [3.63, 3.8) is 0 Å². The largest absolute Gasteiger partial charge is 0.459 e. The topological polar surface area (TPSA) is 77.4 Å². The van der Waals surface area contributed by atoms with E-state index in [1.165, 1.54) is 0 Å². The number of hydrogen-bond donors (Lipinski definition) is 0. The highest BCUT2D eigenvalue weighted by Gasteiger charge is 2.58. The summed E-state index contributed by atoms with van der Waals surface area (Å²) in [5.74, 6) is 1.08. The van der Waals surface area contributed by atoms with Crippen molar-refractivity contribution in [1.82, 2.24) is 0 Å². The normalized spacial score (nSPS) is 19.3. The van der Waals surface area contributed by atoms with Crippen molar-refractivity contribution in [3.8, 4) is 17.2 Å². The number of nitrogens with zero attached hydrogens (tertiary/aromatic N) is 2. The van der Waals surface area contributed by atoms with Gasteiger partial charge < -0.3 is 19.1 Å². The lowest BCUT2D eigenvalue weighted by Crippen LogP contribution is -2.61. The van der Waals surface area contributed by atoms with Crippen LogP contribution in [-0.4, -0.2) is 30.9 Å². The van der Waals surface area contributed by atoms with Crippen LogP contribution in [-0.2, 0) is 15.0 Å². The number of anilines is 1. The Morgan fingerprint density at radius 2 is 1.57 bits per heavy atom. The van der Waals surface area contributed by atoms with Crippen LogP contribution in [0.5, 0.6) is 17.2 Å². The minimum Gasteiger partial charge on any atom is -0.459 e. The fourth-order valence-corrected chi connectivity index (χ4v) is 4.90. The van der Waals surface area contributed by atoms with Gasteiger partial charge in [0.25, 0.3) is 0 Å². The second-order valence-electron chi connectivity index (χ2n) is 9.37. The first-order valence-corrected chi connectivity index (χ1v) is 11.8. The summed E-state index contributed by atoms with van der Waals surface area (Å²) in [6.07, 6.45) is 2.46. The Labute approximate surface area is 204 Å². The van der Waals surface area contributed by atoms with Gasteiger partial charge in [-0.3, -0.25) is 14.6 Å². The van der Waals surface area contributed by atoms with Crippen molar-refractivity contribution >= 4 is 40.3 Å². The zero-order valence-electron chi connectivity index (χ0n) is 20.5. The molecular weight excluding hydrogens is 444 g/mol. The van der Waals surface area contributed by atoms with Gasteiger partial charge >= 0.3 is 11.9 Å². The Kier molecular flexibility index (Phi) is 5.31. The number of fused-ring (bicyclic) bond motifs is 4. The molecule has 0 N–H and O–H groups in total. The molecule has 1 unspecified atom stereocenters. The van der Waals surface area contributed by atoms with Crippen LogP contribution in [0.1, 0.15) is 46.1 Å². The second kappa shape index (κ2) is 8.12. The molecule has 1 atom stereocenters. The van der Waals surface area contributed by atoms with E-state index in [9.17, 15) is 9.59 Å². The van der Waals surface area contributed by atoms with E-state index < -0.39 is 11.1 Å². The Bertz CT molecular complexity index is 1390. The van der Waals surface area contributed by atoms with Gasteiger partial charge in [-0.15, -0.1) is 0 Å². The van der Waals surface area contributed by atoms with Gasteiger partial charge in [0.05, 0.1) is 11.6 Å². The fourth-order valence-electron chi connectivity index (χ4n) is 4.90. The Balaban J connectivity index is 1.56. The molecule has 0 amide bonds. The lowest BCUT2D eigenvalue weighted by Gasteiger charge is -2.45. The average Bonchev–Trinajstić information content (AvgIpc) is 3.01. The van der Waals surface area contributed by atoms with E-state index in [1.807, 2.05) is 49.7 Å². The maximum absolute atomic E-state index is 11.8. The molecule has 7 heteroatoms. The molecule has 1 spiro atoms. The van der Waals surface area contributed by atoms with Gasteiger partial charge in [0.1, 0.15) is 22.9 Å². The molecule has 0 fully saturated rings. The van der Waals surface area contributed by atoms with Crippen molar-refractivity contribution in [1.29, 1.82) is 0 Å². The average molecular weight is 473 g/mol. The summed E-state index contributed by atoms with van der Waals surface area (Å²) in [4.78, 5) is 30.6. The van der Waals surface area contributed by atoms with Gasteiger partial charge in [0.2, 0.25) is 5.72 Å². The number of carbonyl (C=O) groups excluding carboxylic acids is 2. The molecule has 5 rings (SSSR count). The molecule has 0 bridgehead atoms. The van der Waals surface area contributed by atoms with E-state index in [0.29, 0.717) is 35.8 Å². The SMILES string of the molecule is CCC(=O)Oc1ccc2c(c1)C(C)(C)C1(C=Nc3c(ccc4ccc(OC(=O)CC)cc34)O1)N2C. The van der Waals surface area contributed by atoms with E-state index in [-0.39, 0.29) is 11.9 Å². The molecule has 0 saturated carbocycles. The minimum atomic E-state index is -0.879. The Morgan fingerprint density at radius 1 is 0.943 bits per heavy atom. The van der Waals surface area contributed by atoms with Gasteiger partial charge in [0.15, 0.2) is 0 Å². The van der Waals surface area contributed by atoms with Crippen LogP contribution in [0.4, 0.5) is 11.4 Å². The predicted molar refractivity (Wildman–Crippen MR) is 135 cm³/mol. The van der Waals surface area contributed by atoms with Crippen LogP contribution in [0.3, 0.4) is 0 Å². The van der Waals surface area contributed by atoms with Crippen LogP contribution in [0.25, 0.3) is 10.8 Å². The second-order valence-corrected chi connectivity index (χ2v) is 9.37. The molecule has 0 aromatic heterocycles. The van der Waals surface area contributed by atoms with E-state index in [1.54, 1.807) is 26.0 Å². The van der Waals surface area contributed by atoms with Crippen molar-refractivity contribution in [2.45, 2.75) is 51.7 Å². The van der Waals surface area contributed by atoms with Crippen molar-refractivity contribution < 1.29 is 23.8 Å². The highest BCUT2D eigenvalue weighted by molar-refractivity contribution is 6.00. The molecule has 35 heavy (non-hydrogen) atoms. The lowest BCUT2D eigenvalue weighted by molar-refractivity contribution is -0.134. The number of benzene rings is 3. The first-order chi connectivity index (χ1) is 16.7. The molecule has 0 radical (unpaired) electrons. The summed E-state index contributed by atoms with van der Waals surface area (Å²) in [5.41, 5.74) is 1.29. The zero-order valence-corrected chi connectivity index (χ0v) is 20.5. The van der Waals surface area contributed by atoms with Crippen molar-refractivity contribution in [2.24, 2.45) is 4.99 Å². The van der Waals surface area contributed by atoms with E-state index >= 15 is 0 Å². The quantitative estimate of drug-likeness (QED) is 0.359. The van der Waals surface area contributed by atoms with Crippen molar-refractivity contribution in [2.75, 3.05) is 11.9 Å². The first-order valence-electron chi connectivity index (χ1n) is 11.8. The Hall–Kier alpha value is -3.87. The number of carbonyl (C=O) groups is 2. The van der Waals surface area contributed by atoms with Crippen LogP contribution < -0.4 is 19.1 Å². The van der Waals surface area contributed by atoms with Gasteiger partial charge in [-0.05, 0) is 61.2 Å². The highest BCUT2D eigenvalue weighted by atomic mass is 16.5. The van der Waals surface area contributed by atoms with Crippen LogP contribution >= 0.6 is 0 Å². The number of likely N-dealkylation sites (N-methyl/N-ethyl adjacent to an activating group) is 1. The standard InChI is InChI=1S/C28H28N2O5/c1-6-24(31)33-18-10-8-17-9-13-23-26(20(17)14-18)29-16-28(35-23)27(3,4)21-15-19(34-25(32)7-2)11-12-22(21)30(28)5/h8-16H,6-7H2,1-5H3. The van der Waals surface area contributed by atoms with Crippen molar-refractivity contribution in [3.05, 3.63) is 54.1 Å². The monoisotopic (exact) mass is 472 g/mol. The zero-order chi connectivity index (χ0) is 25.0. The summed E-state index contributed by atoms with van der Waals surface area (Å²) in [7, 11) is 1.98. The molecule has 7 nitrogen and oxygen atoms in total. The molecule has 0 saturated heterocycles. The fraction of sp³-hybridized carbons (Fsp3) is 0.321. The van der Waals surface area contributed by atoms with E-state index in [2.05, 4.69) is 18.7 Å². The molecular formula is C28H28N2O5. The summed E-state index contributed by atoms with van der Waals surface area (Å²) < 4.78 is 17.6. The Morgan fingerprint density at radius 3 is 2.26 bits per heavy atom. The van der Waals surface area contributed by atoms with Gasteiger partial charge in [-0.1, -0.05) is 26.0 Å². The molecule has 3 aromatic rings. The van der Waals surface area contributed by atoms with Gasteiger partial charge in [0, 0.05) is 31.0 Å². The number of esters is 2. The number of rotatable bonds is 4. The van der Waals surface area contributed by atoms with E-state index in [4.69, 9.17) is 19.2 Å². The van der Waals surface area contributed by atoms with E-state index in [0.717, 1.165) is 22.0 Å². The molecule has 2 heterocycles. The molecule has 0 aliphatic carbocycles. The number of aliphatic imine (C=N–C) groups is 1. The third kappa shape index (κ3) is 3.45. The lowest BCUT2D eigenvalue weighted by atomic mass is 9.77. The summed E-state index contributed by atoms with van der Waals surface area (Å²) in [5, 5.41) is 1.82. The molecule has 3 aromatic carbocycles. The predicted octanol–water partition coefficient (Wildman–Crippen LogP) is 5.69. The number of hydrogen-bond acceptors (Lipinski definition) is 7. The number of ether oxygens (including phenoxy) is 3. The molecule has 2 aliphatic rings. The minimum absolute atomic E-state index is 0.274. The smallest absolute Gasteiger partial charge is 0.310 e. The van der Waals surface area contributed by atoms with Gasteiger partial charge in [-0.25, -0.2) is 0 Å². The summed E-state index contributed by atoms with van der Waals surface area (Å²) in [6.45, 7) is 7.73. The van der Waals surface area contributed by atoms with Gasteiger partial charge in [-0.2, -0.15) is 0 Å². The maximum Gasteiger partial charge on any atom is 0.310 e. The summed E-state index contributed by atoms with van der Waals surface area (Å²) >= 11 is 0. The molecule has 2 aliphatic heterocycles. The van der Waals surface area contributed by atoms with Crippen LogP contribution in [0.15, 0.2) is 53.5 Å².